The number of nitrogens with zero attached hydrogens (tertiary/aromatic N) is 2. The van der Waals surface area contributed by atoms with Gasteiger partial charge in [0.15, 0.2) is 0 Å². The molecule has 5 rings (SSSR count). The van der Waals surface area contributed by atoms with Gasteiger partial charge >= 0.3 is 0 Å². The Balaban J connectivity index is 1.68. The first-order valence-corrected chi connectivity index (χ1v) is 10.6. The SMILES string of the molecule is CC(C)[C@@H]1N[C@]2(C(=O)Nc3ccccc32)[C@@H]2C(=O)N(c3ccc(Cl)c([N+](=O)[O-])c3)C(=O)[C@H]21. The fourth-order valence-corrected chi connectivity index (χ4v) is 5.48. The molecular formula is C22H19ClN4O5. The van der Waals surface area contributed by atoms with Crippen molar-refractivity contribution in [3.8, 4) is 0 Å². The third kappa shape index (κ3) is 2.52. The summed E-state index contributed by atoms with van der Waals surface area (Å²) in [6.07, 6.45) is 0. The summed E-state index contributed by atoms with van der Waals surface area (Å²) < 4.78 is 0. The Morgan fingerprint density at radius 2 is 1.84 bits per heavy atom. The quantitative estimate of drug-likeness (QED) is 0.418. The Bertz CT molecular complexity index is 1210. The van der Waals surface area contributed by atoms with Crippen LogP contribution in [0.25, 0.3) is 0 Å². The van der Waals surface area contributed by atoms with Crippen molar-refractivity contribution < 1.29 is 19.3 Å². The van der Waals surface area contributed by atoms with Gasteiger partial charge in [-0.3, -0.25) is 29.8 Å². The number of imide groups is 1. The van der Waals surface area contributed by atoms with Crippen molar-refractivity contribution in [3.63, 3.8) is 0 Å². The molecule has 0 aromatic heterocycles. The van der Waals surface area contributed by atoms with Crippen LogP contribution in [0.1, 0.15) is 19.4 Å². The van der Waals surface area contributed by atoms with Crippen LogP contribution in [0.3, 0.4) is 0 Å². The van der Waals surface area contributed by atoms with Gasteiger partial charge in [0.2, 0.25) is 17.7 Å². The molecule has 3 heterocycles. The predicted molar refractivity (Wildman–Crippen MR) is 116 cm³/mol. The summed E-state index contributed by atoms with van der Waals surface area (Å²) >= 11 is 5.91. The van der Waals surface area contributed by atoms with Crippen LogP contribution in [0.4, 0.5) is 17.1 Å². The van der Waals surface area contributed by atoms with Gasteiger partial charge in [-0.05, 0) is 24.1 Å². The molecule has 0 aliphatic carbocycles. The Hall–Kier alpha value is -3.30. The van der Waals surface area contributed by atoms with Gasteiger partial charge in [0, 0.05) is 23.4 Å². The van der Waals surface area contributed by atoms with E-state index in [2.05, 4.69) is 10.6 Å². The Morgan fingerprint density at radius 1 is 1.12 bits per heavy atom. The maximum Gasteiger partial charge on any atom is 0.289 e. The summed E-state index contributed by atoms with van der Waals surface area (Å²) in [5.74, 6) is -3.29. The van der Waals surface area contributed by atoms with Gasteiger partial charge < -0.3 is 5.32 Å². The molecule has 32 heavy (non-hydrogen) atoms. The second-order valence-corrected chi connectivity index (χ2v) is 9.04. The fraction of sp³-hybridized carbons (Fsp3) is 0.318. The van der Waals surface area contributed by atoms with E-state index in [1.165, 1.54) is 12.1 Å². The van der Waals surface area contributed by atoms with Gasteiger partial charge in [0.05, 0.1) is 22.4 Å². The second kappa shape index (κ2) is 6.85. The van der Waals surface area contributed by atoms with Gasteiger partial charge in [-0.2, -0.15) is 0 Å². The number of amides is 3. The zero-order valence-electron chi connectivity index (χ0n) is 17.2. The highest BCUT2D eigenvalue weighted by molar-refractivity contribution is 6.33. The molecule has 3 aliphatic rings. The first-order valence-electron chi connectivity index (χ1n) is 10.2. The molecule has 1 spiro atoms. The fourth-order valence-electron chi connectivity index (χ4n) is 5.30. The molecule has 3 amide bonds. The van der Waals surface area contributed by atoms with Crippen LogP contribution in [0, 0.1) is 27.9 Å². The molecule has 0 unspecified atom stereocenters. The summed E-state index contributed by atoms with van der Waals surface area (Å²) in [7, 11) is 0. The van der Waals surface area contributed by atoms with Crippen LogP contribution in [0.15, 0.2) is 42.5 Å². The second-order valence-electron chi connectivity index (χ2n) is 8.63. The lowest BCUT2D eigenvalue weighted by Gasteiger charge is -2.30. The van der Waals surface area contributed by atoms with E-state index in [0.717, 1.165) is 11.0 Å². The van der Waals surface area contributed by atoms with Crippen LogP contribution in [0.2, 0.25) is 5.02 Å². The van der Waals surface area contributed by atoms with E-state index in [1.54, 1.807) is 24.3 Å². The van der Waals surface area contributed by atoms with Crippen molar-refractivity contribution in [2.75, 3.05) is 10.2 Å². The highest BCUT2D eigenvalue weighted by Gasteiger charge is 2.71. The average molecular weight is 455 g/mol. The third-order valence-electron chi connectivity index (χ3n) is 6.66. The summed E-state index contributed by atoms with van der Waals surface area (Å²) in [4.78, 5) is 52.2. The van der Waals surface area contributed by atoms with E-state index in [9.17, 15) is 24.5 Å². The monoisotopic (exact) mass is 454 g/mol. The lowest BCUT2D eigenvalue weighted by Crippen LogP contribution is -2.54. The number of rotatable bonds is 3. The Labute approximate surface area is 187 Å². The standard InChI is InChI=1S/C22H19ClN4O5/c1-10(2)18-16-17(22(25-18)12-5-3-4-6-14(12)24-21(22)30)20(29)26(19(16)28)11-7-8-13(23)15(9-11)27(31)32/h3-10,16-18,25H,1-2H3,(H,24,30)/t16-,17+,18+,22+/m1/s1. The zero-order valence-corrected chi connectivity index (χ0v) is 17.9. The van der Waals surface area contributed by atoms with E-state index in [1.807, 2.05) is 13.8 Å². The molecule has 2 N–H and O–H groups in total. The van der Waals surface area contributed by atoms with Crippen molar-refractivity contribution in [3.05, 3.63) is 63.2 Å². The molecule has 0 saturated carbocycles. The predicted octanol–water partition coefficient (Wildman–Crippen LogP) is 2.83. The van der Waals surface area contributed by atoms with E-state index in [4.69, 9.17) is 11.6 Å². The van der Waals surface area contributed by atoms with Gasteiger partial charge in [-0.25, -0.2) is 4.90 Å². The van der Waals surface area contributed by atoms with Gasteiger partial charge in [0.25, 0.3) is 5.69 Å². The number of halogens is 1. The van der Waals surface area contributed by atoms with Crippen molar-refractivity contribution in [1.29, 1.82) is 0 Å². The van der Waals surface area contributed by atoms with Gasteiger partial charge in [-0.15, -0.1) is 0 Å². The van der Waals surface area contributed by atoms with Crippen LogP contribution < -0.4 is 15.5 Å². The van der Waals surface area contributed by atoms with Crippen molar-refractivity contribution >= 4 is 46.4 Å². The first-order chi connectivity index (χ1) is 15.2. The van der Waals surface area contributed by atoms with E-state index in [-0.39, 0.29) is 22.5 Å². The molecular weight excluding hydrogens is 436 g/mol. The molecule has 9 nitrogen and oxygen atoms in total. The molecule has 3 aliphatic heterocycles. The normalized spacial score (nSPS) is 28.4. The number of hydrogen-bond acceptors (Lipinski definition) is 6. The molecule has 0 radical (unpaired) electrons. The van der Waals surface area contributed by atoms with Crippen molar-refractivity contribution in [2.24, 2.45) is 17.8 Å². The molecule has 0 bridgehead atoms. The smallest absolute Gasteiger partial charge is 0.289 e. The lowest BCUT2D eigenvalue weighted by atomic mass is 9.76. The average Bonchev–Trinajstić information content (AvgIpc) is 3.34. The molecule has 2 aromatic rings. The summed E-state index contributed by atoms with van der Waals surface area (Å²) in [5.41, 5.74) is -0.521. The molecule has 2 fully saturated rings. The minimum atomic E-state index is -1.39. The largest absolute Gasteiger partial charge is 0.324 e. The molecule has 4 atom stereocenters. The molecule has 2 saturated heterocycles. The van der Waals surface area contributed by atoms with Gasteiger partial charge in [0.1, 0.15) is 10.6 Å². The summed E-state index contributed by atoms with van der Waals surface area (Å²) in [6, 6.07) is 10.4. The first kappa shape index (κ1) is 20.6. The van der Waals surface area contributed by atoms with Gasteiger partial charge in [-0.1, -0.05) is 43.6 Å². The van der Waals surface area contributed by atoms with Crippen LogP contribution in [0.5, 0.6) is 0 Å². The molecule has 10 heteroatoms. The number of hydrogen-bond donors (Lipinski definition) is 2. The number of carbonyl (C=O) groups is 3. The number of nitro benzene ring substituents is 1. The summed E-state index contributed by atoms with van der Waals surface area (Å²) in [6.45, 7) is 3.83. The topological polar surface area (TPSA) is 122 Å². The maximum absolute atomic E-state index is 13.7. The van der Waals surface area contributed by atoms with Crippen LogP contribution in [-0.4, -0.2) is 28.7 Å². The zero-order chi connectivity index (χ0) is 22.9. The molecule has 164 valence electrons. The van der Waals surface area contributed by atoms with Crippen LogP contribution >= 0.6 is 11.6 Å². The number of para-hydroxylation sites is 1. The van der Waals surface area contributed by atoms with Crippen molar-refractivity contribution in [2.45, 2.75) is 25.4 Å². The number of nitrogens with one attached hydrogen (secondary N) is 2. The van der Waals surface area contributed by atoms with E-state index < -0.39 is 45.8 Å². The summed E-state index contributed by atoms with van der Waals surface area (Å²) in [5, 5.41) is 17.4. The maximum atomic E-state index is 13.7. The highest BCUT2D eigenvalue weighted by atomic mass is 35.5. The number of fused-ring (bicyclic) bond motifs is 4. The van der Waals surface area contributed by atoms with E-state index >= 15 is 0 Å². The van der Waals surface area contributed by atoms with E-state index in [0.29, 0.717) is 11.3 Å². The van der Waals surface area contributed by atoms with Crippen molar-refractivity contribution in [1.82, 2.24) is 5.32 Å². The Morgan fingerprint density at radius 3 is 2.53 bits per heavy atom. The third-order valence-corrected chi connectivity index (χ3v) is 6.98. The number of nitro groups is 1. The number of benzene rings is 2. The minimum Gasteiger partial charge on any atom is -0.324 e. The Kier molecular flexibility index (Phi) is 4.41. The lowest BCUT2D eigenvalue weighted by molar-refractivity contribution is -0.384. The minimum absolute atomic E-state index is 0.0568. The molecule has 2 aromatic carbocycles. The number of anilines is 2. The van der Waals surface area contributed by atoms with Crippen LogP contribution in [-0.2, 0) is 19.9 Å². The highest BCUT2D eigenvalue weighted by Crippen LogP contribution is 2.54. The number of carbonyl (C=O) groups excluding carboxylic acids is 3.